The Morgan fingerprint density at radius 1 is 1.48 bits per heavy atom. The number of fused-ring (bicyclic) bond motifs is 1. The summed E-state index contributed by atoms with van der Waals surface area (Å²) in [5.41, 5.74) is 1.93. The van der Waals surface area contributed by atoms with Crippen LogP contribution in [0.3, 0.4) is 0 Å². The molecule has 2 aromatic heterocycles. The van der Waals surface area contributed by atoms with Crippen molar-refractivity contribution in [1.82, 2.24) is 9.55 Å². The number of hydrogen-bond donors (Lipinski definition) is 1. The van der Waals surface area contributed by atoms with Crippen molar-refractivity contribution in [2.24, 2.45) is 5.92 Å². The van der Waals surface area contributed by atoms with Gasteiger partial charge in [-0.1, -0.05) is 0 Å². The Kier molecular flexibility index (Phi) is 3.68. The number of aromatic carboxylic acids is 1. The molecule has 2 aromatic rings. The zero-order chi connectivity index (χ0) is 15.0. The molecule has 0 aromatic carbocycles. The minimum Gasteiger partial charge on any atom is -0.478 e. The van der Waals surface area contributed by atoms with Gasteiger partial charge in [-0.25, -0.2) is 9.78 Å². The molecule has 1 aliphatic rings. The second kappa shape index (κ2) is 5.48. The third-order valence-electron chi connectivity index (χ3n) is 4.58. The molecule has 1 atom stereocenters. The first-order chi connectivity index (χ1) is 10.1. The molecule has 21 heavy (non-hydrogen) atoms. The van der Waals surface area contributed by atoms with Crippen molar-refractivity contribution in [2.75, 3.05) is 13.2 Å². The van der Waals surface area contributed by atoms with E-state index in [1.807, 2.05) is 13.0 Å². The van der Waals surface area contributed by atoms with Crippen LogP contribution in [0.5, 0.6) is 0 Å². The average Bonchev–Trinajstić information content (AvgIpc) is 2.79. The summed E-state index contributed by atoms with van der Waals surface area (Å²) in [4.78, 5) is 16.0. The van der Waals surface area contributed by atoms with E-state index < -0.39 is 5.97 Å². The third-order valence-corrected chi connectivity index (χ3v) is 4.58. The minimum absolute atomic E-state index is 0.222. The highest BCUT2D eigenvalue weighted by Crippen LogP contribution is 2.34. The normalized spacial score (nSPS) is 18.0. The summed E-state index contributed by atoms with van der Waals surface area (Å²) in [6.07, 6.45) is 3.74. The predicted molar refractivity (Wildman–Crippen MR) is 79.7 cm³/mol. The summed E-state index contributed by atoms with van der Waals surface area (Å²) in [6.45, 7) is 5.60. The number of aromatic nitrogens is 2. The van der Waals surface area contributed by atoms with Crippen molar-refractivity contribution < 1.29 is 14.6 Å². The highest BCUT2D eigenvalue weighted by molar-refractivity contribution is 6.04. The molecule has 5 nitrogen and oxygen atoms in total. The van der Waals surface area contributed by atoms with E-state index in [0.29, 0.717) is 11.5 Å². The molecule has 0 bridgehead atoms. The molecule has 1 N–H and O–H groups in total. The van der Waals surface area contributed by atoms with Crippen molar-refractivity contribution in [1.29, 1.82) is 0 Å². The standard InChI is InChI=1S/C16H20N2O3/c1-10(12-5-8-21-9-6-12)18-11(2)14(16(19)20)13-4-3-7-17-15(13)18/h3-4,7,10,12H,5-6,8-9H2,1-2H3,(H,19,20)/t10-/m0/s1. The number of ether oxygens (including phenoxy) is 1. The summed E-state index contributed by atoms with van der Waals surface area (Å²) in [7, 11) is 0. The van der Waals surface area contributed by atoms with Gasteiger partial charge in [0, 0.05) is 36.5 Å². The summed E-state index contributed by atoms with van der Waals surface area (Å²) in [5, 5.41) is 10.2. The fraction of sp³-hybridized carbons (Fsp3) is 0.500. The molecular formula is C16H20N2O3. The lowest BCUT2D eigenvalue weighted by Gasteiger charge is -2.30. The molecule has 0 radical (unpaired) electrons. The van der Waals surface area contributed by atoms with Crippen LogP contribution in [0.1, 0.15) is 41.9 Å². The number of rotatable bonds is 3. The van der Waals surface area contributed by atoms with Crippen LogP contribution in [0.25, 0.3) is 11.0 Å². The van der Waals surface area contributed by atoms with E-state index in [-0.39, 0.29) is 6.04 Å². The van der Waals surface area contributed by atoms with Crippen LogP contribution in [0.4, 0.5) is 0 Å². The minimum atomic E-state index is -0.886. The molecule has 0 aliphatic carbocycles. The van der Waals surface area contributed by atoms with E-state index >= 15 is 0 Å². The Hall–Kier alpha value is -1.88. The first kappa shape index (κ1) is 14.1. The summed E-state index contributed by atoms with van der Waals surface area (Å²) >= 11 is 0. The first-order valence-electron chi connectivity index (χ1n) is 7.37. The number of carboxylic acids is 1. The van der Waals surface area contributed by atoms with Gasteiger partial charge in [0.15, 0.2) is 0 Å². The van der Waals surface area contributed by atoms with Gasteiger partial charge in [-0.3, -0.25) is 0 Å². The van der Waals surface area contributed by atoms with Crippen LogP contribution >= 0.6 is 0 Å². The molecule has 3 rings (SSSR count). The van der Waals surface area contributed by atoms with Gasteiger partial charge in [-0.2, -0.15) is 0 Å². The Morgan fingerprint density at radius 3 is 2.86 bits per heavy atom. The summed E-state index contributed by atoms with van der Waals surface area (Å²) < 4.78 is 7.52. The molecule has 1 aliphatic heterocycles. The molecule has 1 fully saturated rings. The fourth-order valence-corrected chi connectivity index (χ4v) is 3.44. The number of hydrogen-bond acceptors (Lipinski definition) is 3. The topological polar surface area (TPSA) is 64.3 Å². The van der Waals surface area contributed by atoms with Crippen LogP contribution < -0.4 is 0 Å². The van der Waals surface area contributed by atoms with E-state index in [2.05, 4.69) is 16.5 Å². The van der Waals surface area contributed by atoms with Crippen molar-refractivity contribution >= 4 is 17.0 Å². The van der Waals surface area contributed by atoms with Crippen molar-refractivity contribution in [3.8, 4) is 0 Å². The molecule has 0 spiro atoms. The summed E-state index contributed by atoms with van der Waals surface area (Å²) in [6, 6.07) is 3.85. The Morgan fingerprint density at radius 2 is 2.19 bits per heavy atom. The molecule has 1 saturated heterocycles. The third kappa shape index (κ3) is 2.31. The van der Waals surface area contributed by atoms with Crippen molar-refractivity contribution in [2.45, 2.75) is 32.7 Å². The molecule has 0 saturated carbocycles. The molecule has 112 valence electrons. The zero-order valence-corrected chi connectivity index (χ0v) is 12.4. The van der Waals surface area contributed by atoms with Crippen LogP contribution in [-0.4, -0.2) is 33.8 Å². The van der Waals surface area contributed by atoms with Crippen LogP contribution in [-0.2, 0) is 4.74 Å². The maximum atomic E-state index is 11.6. The molecule has 0 amide bonds. The van der Waals surface area contributed by atoms with Gasteiger partial charge in [0.2, 0.25) is 0 Å². The summed E-state index contributed by atoms with van der Waals surface area (Å²) in [5.74, 6) is -0.389. The van der Waals surface area contributed by atoms with E-state index in [9.17, 15) is 9.90 Å². The van der Waals surface area contributed by atoms with Crippen molar-refractivity contribution in [3.05, 3.63) is 29.6 Å². The quantitative estimate of drug-likeness (QED) is 0.943. The van der Waals surface area contributed by atoms with Gasteiger partial charge in [-0.15, -0.1) is 0 Å². The average molecular weight is 288 g/mol. The second-order valence-corrected chi connectivity index (χ2v) is 5.70. The van der Waals surface area contributed by atoms with E-state index in [1.54, 1.807) is 12.3 Å². The van der Waals surface area contributed by atoms with Gasteiger partial charge in [0.05, 0.1) is 5.56 Å². The van der Waals surface area contributed by atoms with E-state index in [4.69, 9.17) is 4.74 Å². The number of pyridine rings is 1. The van der Waals surface area contributed by atoms with Gasteiger partial charge >= 0.3 is 5.97 Å². The zero-order valence-electron chi connectivity index (χ0n) is 12.4. The highest BCUT2D eigenvalue weighted by Gasteiger charge is 2.27. The Bertz CT molecular complexity index is 671. The molecular weight excluding hydrogens is 268 g/mol. The lowest BCUT2D eigenvalue weighted by atomic mass is 9.92. The predicted octanol–water partition coefficient (Wildman–Crippen LogP) is 3.03. The van der Waals surface area contributed by atoms with E-state index in [0.717, 1.165) is 42.8 Å². The molecule has 5 heteroatoms. The first-order valence-corrected chi connectivity index (χ1v) is 7.37. The van der Waals surface area contributed by atoms with Gasteiger partial charge < -0.3 is 14.4 Å². The highest BCUT2D eigenvalue weighted by atomic mass is 16.5. The van der Waals surface area contributed by atoms with Gasteiger partial charge in [-0.05, 0) is 44.7 Å². The molecule has 3 heterocycles. The monoisotopic (exact) mass is 288 g/mol. The lowest BCUT2D eigenvalue weighted by Crippen LogP contribution is -2.25. The second-order valence-electron chi connectivity index (χ2n) is 5.70. The van der Waals surface area contributed by atoms with Crippen LogP contribution in [0.2, 0.25) is 0 Å². The van der Waals surface area contributed by atoms with Gasteiger partial charge in [0.25, 0.3) is 0 Å². The van der Waals surface area contributed by atoms with Crippen LogP contribution in [0.15, 0.2) is 18.3 Å². The SMILES string of the molecule is Cc1c(C(=O)O)c2cccnc2n1[C@@H](C)C1CCOCC1. The Labute approximate surface area is 123 Å². The number of carboxylic acid groups (broad SMARTS) is 1. The van der Waals surface area contributed by atoms with Gasteiger partial charge in [0.1, 0.15) is 5.65 Å². The largest absolute Gasteiger partial charge is 0.478 e. The van der Waals surface area contributed by atoms with Crippen LogP contribution in [0, 0.1) is 12.8 Å². The van der Waals surface area contributed by atoms with Crippen molar-refractivity contribution in [3.63, 3.8) is 0 Å². The maximum Gasteiger partial charge on any atom is 0.338 e. The Balaban J connectivity index is 2.13. The fourth-order valence-electron chi connectivity index (χ4n) is 3.44. The van der Waals surface area contributed by atoms with E-state index in [1.165, 1.54) is 0 Å². The maximum absolute atomic E-state index is 11.6. The smallest absolute Gasteiger partial charge is 0.338 e. The number of carbonyl (C=O) groups is 1. The lowest BCUT2D eigenvalue weighted by molar-refractivity contribution is 0.0515. The molecule has 0 unspecified atom stereocenters. The number of nitrogens with zero attached hydrogens (tertiary/aromatic N) is 2.